The Morgan fingerprint density at radius 2 is 1.96 bits per heavy atom. The van der Waals surface area contributed by atoms with Gasteiger partial charge >= 0.3 is 0 Å². The maximum absolute atomic E-state index is 6.15. The fraction of sp³-hybridized carbons (Fsp3) is 0.188. The van der Waals surface area contributed by atoms with Crippen LogP contribution in [-0.4, -0.2) is 12.0 Å². The summed E-state index contributed by atoms with van der Waals surface area (Å²) in [6.07, 6.45) is 0. The summed E-state index contributed by atoms with van der Waals surface area (Å²) in [5, 5.41) is 1.79. The molecule has 2 aromatic carbocycles. The van der Waals surface area contributed by atoms with Gasteiger partial charge in [0.2, 0.25) is 0 Å². The highest BCUT2D eigenvalue weighted by molar-refractivity contribution is 8.13. The van der Waals surface area contributed by atoms with E-state index < -0.39 is 0 Å². The third-order valence-corrected chi connectivity index (χ3v) is 4.51. The molecule has 0 fully saturated rings. The quantitative estimate of drug-likeness (QED) is 0.627. The largest absolute Gasteiger partial charge is 0.467 e. The van der Waals surface area contributed by atoms with Crippen LogP contribution >= 0.6 is 35.0 Å². The predicted octanol–water partition coefficient (Wildman–Crippen LogP) is 4.74. The predicted molar refractivity (Wildman–Crippen MR) is 95.8 cm³/mol. The van der Waals surface area contributed by atoms with Crippen molar-refractivity contribution < 1.29 is 9.47 Å². The molecule has 0 unspecified atom stereocenters. The van der Waals surface area contributed by atoms with Gasteiger partial charge in [-0.2, -0.15) is 0 Å². The molecular formula is C16H14Cl2N2O2S. The summed E-state index contributed by atoms with van der Waals surface area (Å²) in [4.78, 5) is 4.35. The third kappa shape index (κ3) is 4.32. The Balaban J connectivity index is 1.73. The van der Waals surface area contributed by atoms with E-state index in [2.05, 4.69) is 4.99 Å². The highest BCUT2D eigenvalue weighted by atomic mass is 35.5. The lowest BCUT2D eigenvalue weighted by atomic mass is 10.1. The van der Waals surface area contributed by atoms with Crippen LogP contribution in [-0.2, 0) is 17.1 Å². The number of thioether (sulfide) groups is 1. The summed E-state index contributed by atoms with van der Waals surface area (Å²) >= 11 is 13.4. The number of hydrogen-bond acceptors (Lipinski definition) is 4. The molecule has 0 atom stereocenters. The highest BCUT2D eigenvalue weighted by Crippen LogP contribution is 2.34. The van der Waals surface area contributed by atoms with Gasteiger partial charge in [0.1, 0.15) is 5.75 Å². The second-order valence-electron chi connectivity index (χ2n) is 4.88. The Morgan fingerprint density at radius 1 is 1.17 bits per heavy atom. The maximum atomic E-state index is 6.15. The minimum atomic E-state index is 0.251. The molecule has 0 aromatic heterocycles. The Morgan fingerprint density at radius 3 is 2.74 bits per heavy atom. The molecule has 0 bridgehead atoms. The molecule has 0 saturated carbocycles. The van der Waals surface area contributed by atoms with Gasteiger partial charge in [0.05, 0.1) is 12.3 Å². The molecule has 23 heavy (non-hydrogen) atoms. The first-order valence-corrected chi connectivity index (χ1v) is 8.60. The summed E-state index contributed by atoms with van der Waals surface area (Å²) in [7, 11) is 0. The van der Waals surface area contributed by atoms with Crippen LogP contribution in [0.15, 0.2) is 41.4 Å². The molecule has 3 rings (SSSR count). The fourth-order valence-electron chi connectivity index (χ4n) is 2.19. The zero-order valence-corrected chi connectivity index (χ0v) is 14.4. The van der Waals surface area contributed by atoms with E-state index >= 15 is 0 Å². The molecule has 0 spiro atoms. The summed E-state index contributed by atoms with van der Waals surface area (Å²) in [6.45, 7) is 0.753. The second kappa shape index (κ2) is 7.45. The Hall–Kier alpha value is -1.40. The van der Waals surface area contributed by atoms with Gasteiger partial charge in [0.15, 0.2) is 12.0 Å². The van der Waals surface area contributed by atoms with Crippen molar-refractivity contribution in [3.8, 4) is 5.75 Å². The fourth-order valence-corrected chi connectivity index (χ4v) is 3.27. The van der Waals surface area contributed by atoms with Gasteiger partial charge in [0, 0.05) is 26.9 Å². The molecule has 0 radical (unpaired) electrons. The van der Waals surface area contributed by atoms with Crippen molar-refractivity contribution in [1.29, 1.82) is 0 Å². The van der Waals surface area contributed by atoms with E-state index in [9.17, 15) is 0 Å². The van der Waals surface area contributed by atoms with Crippen LogP contribution in [0, 0.1) is 0 Å². The van der Waals surface area contributed by atoms with Crippen LogP contribution in [0.4, 0.5) is 5.69 Å². The number of benzene rings is 2. The summed E-state index contributed by atoms with van der Waals surface area (Å²) in [5.41, 5.74) is 8.68. The van der Waals surface area contributed by atoms with Gasteiger partial charge in [-0.3, -0.25) is 0 Å². The molecule has 2 N–H and O–H groups in total. The lowest BCUT2D eigenvalue weighted by Gasteiger charge is -2.20. The number of hydrogen-bond donors (Lipinski definition) is 1. The topological polar surface area (TPSA) is 56.8 Å². The minimum absolute atomic E-state index is 0.251. The van der Waals surface area contributed by atoms with Crippen LogP contribution in [0.3, 0.4) is 0 Å². The average Bonchev–Trinajstić information content (AvgIpc) is 2.54. The van der Waals surface area contributed by atoms with Crippen LogP contribution < -0.4 is 10.5 Å². The molecule has 1 heterocycles. The van der Waals surface area contributed by atoms with Gasteiger partial charge in [0.25, 0.3) is 0 Å². The number of rotatable bonds is 3. The monoisotopic (exact) mass is 368 g/mol. The number of nitrogens with zero attached hydrogens (tertiary/aromatic N) is 1. The van der Waals surface area contributed by atoms with Gasteiger partial charge in [-0.25, -0.2) is 4.99 Å². The number of nitrogens with two attached hydrogens (primary N) is 1. The second-order valence-corrected chi connectivity index (χ2v) is 6.75. The zero-order chi connectivity index (χ0) is 16.2. The summed E-state index contributed by atoms with van der Waals surface area (Å²) < 4.78 is 10.9. The number of ether oxygens (including phenoxy) is 2. The van der Waals surface area contributed by atoms with Crippen molar-refractivity contribution in [2.75, 3.05) is 6.79 Å². The van der Waals surface area contributed by atoms with E-state index in [1.807, 2.05) is 24.3 Å². The first-order valence-electron chi connectivity index (χ1n) is 6.86. The van der Waals surface area contributed by atoms with E-state index in [4.69, 9.17) is 38.4 Å². The normalized spacial score (nSPS) is 14.3. The molecule has 7 heteroatoms. The van der Waals surface area contributed by atoms with Crippen molar-refractivity contribution in [2.45, 2.75) is 12.4 Å². The van der Waals surface area contributed by atoms with Crippen molar-refractivity contribution >= 4 is 45.8 Å². The molecule has 2 aromatic rings. The molecular weight excluding hydrogens is 355 g/mol. The zero-order valence-electron chi connectivity index (χ0n) is 12.1. The lowest BCUT2D eigenvalue weighted by molar-refractivity contribution is -0.0168. The van der Waals surface area contributed by atoms with Crippen molar-refractivity contribution in [1.82, 2.24) is 0 Å². The van der Waals surface area contributed by atoms with E-state index in [1.54, 1.807) is 12.1 Å². The smallest absolute Gasteiger partial charge is 0.189 e. The van der Waals surface area contributed by atoms with Gasteiger partial charge in [-0.1, -0.05) is 35.0 Å². The van der Waals surface area contributed by atoms with Crippen LogP contribution in [0.25, 0.3) is 0 Å². The van der Waals surface area contributed by atoms with Crippen LogP contribution in [0.5, 0.6) is 5.75 Å². The van der Waals surface area contributed by atoms with Crippen LogP contribution in [0.1, 0.15) is 11.1 Å². The first kappa shape index (κ1) is 16.5. The molecule has 1 aliphatic heterocycles. The number of aliphatic imine (C=N–C) groups is 1. The van der Waals surface area contributed by atoms with Crippen molar-refractivity contribution in [2.24, 2.45) is 10.7 Å². The molecule has 1 aliphatic rings. The average molecular weight is 369 g/mol. The Labute approximate surface area is 148 Å². The third-order valence-electron chi connectivity index (χ3n) is 3.19. The van der Waals surface area contributed by atoms with Gasteiger partial charge < -0.3 is 15.2 Å². The molecule has 0 saturated heterocycles. The summed E-state index contributed by atoms with van der Waals surface area (Å²) in [5.74, 6) is 1.44. The van der Waals surface area contributed by atoms with Gasteiger partial charge in [-0.15, -0.1) is 0 Å². The van der Waals surface area contributed by atoms with Gasteiger partial charge in [-0.05, 0) is 36.4 Å². The number of amidine groups is 1. The molecule has 0 aliphatic carbocycles. The number of fused-ring (bicyclic) bond motifs is 1. The Bertz CT molecular complexity index is 736. The standard InChI is InChI=1S/C16H14Cl2N2O2S/c17-12-1-3-14(4-2-12)20-16(19)23-8-11-6-13(18)5-10-7-21-9-22-15(10)11/h1-6H,7-9H2,(H2,19,20). The van der Waals surface area contributed by atoms with E-state index in [-0.39, 0.29) is 6.79 Å². The van der Waals surface area contributed by atoms with E-state index in [1.165, 1.54) is 11.8 Å². The lowest BCUT2D eigenvalue weighted by Crippen LogP contribution is -2.13. The highest BCUT2D eigenvalue weighted by Gasteiger charge is 2.16. The maximum Gasteiger partial charge on any atom is 0.189 e. The van der Waals surface area contributed by atoms with E-state index in [0.29, 0.717) is 27.6 Å². The van der Waals surface area contributed by atoms with Crippen LogP contribution in [0.2, 0.25) is 10.0 Å². The SMILES string of the molecule is NC(=Nc1ccc(Cl)cc1)SCc1cc(Cl)cc2c1OCOC2. The van der Waals surface area contributed by atoms with Crippen molar-refractivity contribution in [3.63, 3.8) is 0 Å². The molecule has 120 valence electrons. The summed E-state index contributed by atoms with van der Waals surface area (Å²) in [6, 6.07) is 10.9. The molecule has 4 nitrogen and oxygen atoms in total. The molecule has 0 amide bonds. The van der Waals surface area contributed by atoms with E-state index in [0.717, 1.165) is 22.6 Å². The minimum Gasteiger partial charge on any atom is -0.467 e. The Kier molecular flexibility index (Phi) is 5.33. The first-order chi connectivity index (χ1) is 11.1. The van der Waals surface area contributed by atoms with Crippen molar-refractivity contribution in [3.05, 3.63) is 57.6 Å². The number of halogens is 2.